The number of imidazole rings is 1. The van der Waals surface area contributed by atoms with Gasteiger partial charge in [-0.3, -0.25) is 4.79 Å². The molecule has 3 N–H and O–H groups in total. The molecule has 0 spiro atoms. The standard InChI is InChI=1S/C12H18N4O2/c1-8-10(16-7-15-8)3-14-11(17)12-5-13-2-9(12)4-18-6-12/h7,9,13H,2-6H2,1H3,(H,14,17)(H,15,16)/t9-,12-/m0/s1. The molecule has 3 rings (SSSR count). The summed E-state index contributed by atoms with van der Waals surface area (Å²) in [5.41, 5.74) is 1.52. The van der Waals surface area contributed by atoms with Crippen LogP contribution in [-0.4, -0.2) is 42.2 Å². The Hall–Kier alpha value is -1.40. The predicted molar refractivity (Wildman–Crippen MR) is 64.8 cm³/mol. The van der Waals surface area contributed by atoms with Crippen molar-refractivity contribution in [1.82, 2.24) is 20.6 Å². The van der Waals surface area contributed by atoms with Gasteiger partial charge in [-0.25, -0.2) is 4.98 Å². The number of nitrogens with one attached hydrogen (secondary N) is 3. The van der Waals surface area contributed by atoms with Crippen molar-refractivity contribution in [1.29, 1.82) is 0 Å². The molecule has 6 heteroatoms. The lowest BCUT2D eigenvalue weighted by molar-refractivity contribution is -0.131. The molecule has 0 unspecified atom stereocenters. The zero-order valence-electron chi connectivity index (χ0n) is 10.5. The SMILES string of the molecule is Cc1[nH]cnc1CNC(=O)[C@]12CNC[C@H]1COC2. The van der Waals surface area contributed by atoms with Crippen LogP contribution in [-0.2, 0) is 16.1 Å². The molecule has 98 valence electrons. The van der Waals surface area contributed by atoms with E-state index >= 15 is 0 Å². The first kappa shape index (κ1) is 11.7. The molecule has 2 fully saturated rings. The van der Waals surface area contributed by atoms with Gasteiger partial charge in [-0.05, 0) is 6.92 Å². The van der Waals surface area contributed by atoms with E-state index in [-0.39, 0.29) is 11.3 Å². The highest BCUT2D eigenvalue weighted by Gasteiger charge is 2.52. The molecule has 18 heavy (non-hydrogen) atoms. The van der Waals surface area contributed by atoms with Crippen molar-refractivity contribution in [2.24, 2.45) is 11.3 Å². The minimum Gasteiger partial charge on any atom is -0.380 e. The summed E-state index contributed by atoms with van der Waals surface area (Å²) in [6.07, 6.45) is 1.65. The Morgan fingerprint density at radius 1 is 1.72 bits per heavy atom. The number of carbonyl (C=O) groups is 1. The Labute approximate surface area is 106 Å². The van der Waals surface area contributed by atoms with E-state index in [0.717, 1.165) is 17.9 Å². The second-order valence-electron chi connectivity index (χ2n) is 5.16. The molecule has 0 radical (unpaired) electrons. The van der Waals surface area contributed by atoms with E-state index < -0.39 is 0 Å². The van der Waals surface area contributed by atoms with Crippen LogP contribution in [0.5, 0.6) is 0 Å². The largest absolute Gasteiger partial charge is 0.380 e. The monoisotopic (exact) mass is 250 g/mol. The number of amides is 1. The van der Waals surface area contributed by atoms with Gasteiger partial charge < -0.3 is 20.4 Å². The third-order valence-corrected chi connectivity index (χ3v) is 4.09. The van der Waals surface area contributed by atoms with Gasteiger partial charge in [0.2, 0.25) is 5.91 Å². The van der Waals surface area contributed by atoms with Crippen LogP contribution in [0.2, 0.25) is 0 Å². The molecule has 6 nitrogen and oxygen atoms in total. The van der Waals surface area contributed by atoms with E-state index in [1.54, 1.807) is 6.33 Å². The molecule has 2 saturated heterocycles. The number of aryl methyl sites for hydroxylation is 1. The Morgan fingerprint density at radius 2 is 2.61 bits per heavy atom. The summed E-state index contributed by atoms with van der Waals surface area (Å²) >= 11 is 0. The first-order valence-electron chi connectivity index (χ1n) is 6.28. The number of H-pyrrole nitrogens is 1. The number of fused-ring (bicyclic) bond motifs is 1. The highest BCUT2D eigenvalue weighted by atomic mass is 16.5. The van der Waals surface area contributed by atoms with E-state index in [0.29, 0.717) is 32.2 Å². The number of hydrogen-bond acceptors (Lipinski definition) is 4. The lowest BCUT2D eigenvalue weighted by Gasteiger charge is -2.24. The van der Waals surface area contributed by atoms with Gasteiger partial charge in [0.1, 0.15) is 0 Å². The maximum Gasteiger partial charge on any atom is 0.230 e. The fraction of sp³-hybridized carbons (Fsp3) is 0.667. The summed E-state index contributed by atoms with van der Waals surface area (Å²) in [5.74, 6) is 0.384. The zero-order chi connectivity index (χ0) is 12.6. The number of carbonyl (C=O) groups excluding carboxylic acids is 1. The normalized spacial score (nSPS) is 30.4. The van der Waals surface area contributed by atoms with Crippen molar-refractivity contribution in [3.05, 3.63) is 17.7 Å². The summed E-state index contributed by atoms with van der Waals surface area (Å²) in [4.78, 5) is 19.6. The molecule has 0 aromatic carbocycles. The number of ether oxygens (including phenoxy) is 1. The lowest BCUT2D eigenvalue weighted by Crippen LogP contribution is -2.46. The second-order valence-corrected chi connectivity index (χ2v) is 5.16. The van der Waals surface area contributed by atoms with E-state index in [1.165, 1.54) is 0 Å². The van der Waals surface area contributed by atoms with Crippen LogP contribution in [0.15, 0.2) is 6.33 Å². The van der Waals surface area contributed by atoms with Gasteiger partial charge in [-0.1, -0.05) is 0 Å². The summed E-state index contributed by atoms with van der Waals surface area (Å²) in [7, 11) is 0. The minimum absolute atomic E-state index is 0.0809. The van der Waals surface area contributed by atoms with Crippen LogP contribution in [0.4, 0.5) is 0 Å². The number of hydrogen-bond donors (Lipinski definition) is 3. The highest BCUT2D eigenvalue weighted by Crippen LogP contribution is 2.37. The van der Waals surface area contributed by atoms with Gasteiger partial charge in [0.15, 0.2) is 0 Å². The number of nitrogens with zero attached hydrogens (tertiary/aromatic N) is 1. The van der Waals surface area contributed by atoms with Crippen molar-refractivity contribution < 1.29 is 9.53 Å². The molecule has 0 bridgehead atoms. The van der Waals surface area contributed by atoms with Gasteiger partial charge in [0.05, 0.1) is 37.2 Å². The summed E-state index contributed by atoms with van der Waals surface area (Å²) in [5, 5.41) is 6.28. The maximum absolute atomic E-state index is 12.4. The van der Waals surface area contributed by atoms with Gasteiger partial charge in [-0.15, -0.1) is 0 Å². The number of aromatic amines is 1. The van der Waals surface area contributed by atoms with Crippen LogP contribution >= 0.6 is 0 Å². The zero-order valence-corrected chi connectivity index (χ0v) is 10.5. The second kappa shape index (κ2) is 4.37. The van der Waals surface area contributed by atoms with Gasteiger partial charge in [0, 0.05) is 24.7 Å². The van der Waals surface area contributed by atoms with Crippen LogP contribution in [0.3, 0.4) is 0 Å². The number of rotatable bonds is 3. The van der Waals surface area contributed by atoms with Crippen LogP contribution < -0.4 is 10.6 Å². The average Bonchev–Trinajstić information content (AvgIpc) is 3.00. The molecule has 3 heterocycles. The Bertz CT molecular complexity index is 447. The molecule has 1 aromatic rings. The smallest absolute Gasteiger partial charge is 0.230 e. The fourth-order valence-corrected chi connectivity index (χ4v) is 2.82. The van der Waals surface area contributed by atoms with E-state index in [2.05, 4.69) is 20.6 Å². The Balaban J connectivity index is 1.66. The minimum atomic E-state index is -0.371. The van der Waals surface area contributed by atoms with Gasteiger partial charge in [0.25, 0.3) is 0 Å². The molecular weight excluding hydrogens is 232 g/mol. The van der Waals surface area contributed by atoms with Crippen LogP contribution in [0.25, 0.3) is 0 Å². The van der Waals surface area contributed by atoms with Crippen molar-refractivity contribution in [2.45, 2.75) is 13.5 Å². The van der Waals surface area contributed by atoms with E-state index in [1.807, 2.05) is 6.92 Å². The van der Waals surface area contributed by atoms with Gasteiger partial charge >= 0.3 is 0 Å². The molecule has 2 atom stereocenters. The van der Waals surface area contributed by atoms with E-state index in [4.69, 9.17) is 4.74 Å². The summed E-state index contributed by atoms with van der Waals surface area (Å²) < 4.78 is 5.47. The lowest BCUT2D eigenvalue weighted by atomic mass is 9.80. The van der Waals surface area contributed by atoms with Crippen LogP contribution in [0, 0.1) is 18.3 Å². The first-order valence-corrected chi connectivity index (χ1v) is 6.28. The summed E-state index contributed by atoms with van der Waals surface area (Å²) in [6.45, 7) is 5.21. The van der Waals surface area contributed by atoms with Crippen molar-refractivity contribution in [2.75, 3.05) is 26.3 Å². The molecule has 0 saturated carbocycles. The van der Waals surface area contributed by atoms with Crippen LogP contribution in [0.1, 0.15) is 11.4 Å². The third kappa shape index (κ3) is 1.72. The van der Waals surface area contributed by atoms with Crippen molar-refractivity contribution in [3.8, 4) is 0 Å². The van der Waals surface area contributed by atoms with Crippen molar-refractivity contribution >= 4 is 5.91 Å². The fourth-order valence-electron chi connectivity index (χ4n) is 2.82. The maximum atomic E-state index is 12.4. The molecular formula is C12H18N4O2. The predicted octanol–water partition coefficient (Wildman–Crippen LogP) is -0.430. The highest BCUT2D eigenvalue weighted by molar-refractivity contribution is 5.84. The molecule has 1 aromatic heterocycles. The molecule has 2 aliphatic heterocycles. The molecule has 0 aliphatic carbocycles. The Morgan fingerprint density at radius 3 is 3.39 bits per heavy atom. The first-order chi connectivity index (χ1) is 8.72. The molecule has 1 amide bonds. The van der Waals surface area contributed by atoms with Gasteiger partial charge in [-0.2, -0.15) is 0 Å². The Kier molecular flexibility index (Phi) is 2.83. The average molecular weight is 250 g/mol. The third-order valence-electron chi connectivity index (χ3n) is 4.09. The topological polar surface area (TPSA) is 79.0 Å². The van der Waals surface area contributed by atoms with E-state index in [9.17, 15) is 4.79 Å². The quantitative estimate of drug-likeness (QED) is 0.680. The van der Waals surface area contributed by atoms with Crippen molar-refractivity contribution in [3.63, 3.8) is 0 Å². The molecule has 2 aliphatic rings. The number of aromatic nitrogens is 2. The summed E-state index contributed by atoms with van der Waals surface area (Å²) in [6, 6.07) is 0.